The zero-order chi connectivity index (χ0) is 8.32. The Kier molecular flexibility index (Phi) is 4.81. The summed E-state index contributed by atoms with van der Waals surface area (Å²) in [4.78, 5) is 20.1. The number of phosphoric ester groups is 1. The molecule has 4 nitrogen and oxygen atoms in total. The summed E-state index contributed by atoms with van der Waals surface area (Å²) in [6.07, 6.45) is 0. The third-order valence-electron chi connectivity index (χ3n) is 0.960. The molecule has 0 aliphatic heterocycles. The molecule has 0 saturated heterocycles. The van der Waals surface area contributed by atoms with Gasteiger partial charge in [0.2, 0.25) is 0 Å². The van der Waals surface area contributed by atoms with Gasteiger partial charge in [0.15, 0.2) is 0 Å². The summed E-state index contributed by atoms with van der Waals surface area (Å²) in [5.74, 6) is 0.0424. The Morgan fingerprint density at radius 3 is 2.08 bits per heavy atom. The largest absolute Gasteiger partial charge is 2.00 e. The Labute approximate surface area is 86.0 Å². The third kappa shape index (κ3) is 4.74. The van der Waals surface area contributed by atoms with Gasteiger partial charge in [-0.3, -0.25) is 0 Å². The number of rotatable bonds is 2. The second-order valence-electron chi connectivity index (χ2n) is 1.85. The Bertz CT molecular complexity index is 270. The maximum atomic E-state index is 10.1. The summed E-state index contributed by atoms with van der Waals surface area (Å²) in [5.41, 5.74) is 0. The van der Waals surface area contributed by atoms with Crippen LogP contribution in [0.5, 0.6) is 5.75 Å². The summed E-state index contributed by atoms with van der Waals surface area (Å²) in [5, 5.41) is 0. The van der Waals surface area contributed by atoms with Crippen LogP contribution in [0.25, 0.3) is 0 Å². The molecule has 0 amide bonds. The van der Waals surface area contributed by atoms with Crippen molar-refractivity contribution in [3.63, 3.8) is 0 Å². The summed E-state index contributed by atoms with van der Waals surface area (Å²) in [7, 11) is -4.89. The molecular weight excluding hydrogens is 191 g/mol. The molecule has 0 bridgehead atoms. The molecule has 12 heavy (non-hydrogen) atoms. The fourth-order valence-corrected chi connectivity index (χ4v) is 0.990. The first-order chi connectivity index (χ1) is 5.08. The monoisotopic (exact) mass is 196 g/mol. The molecule has 0 fully saturated rings. The maximum Gasteiger partial charge on any atom is 2.00 e. The zero-order valence-corrected chi connectivity index (χ0v) is 8.48. The van der Waals surface area contributed by atoms with Crippen molar-refractivity contribution in [2.75, 3.05) is 0 Å². The van der Waals surface area contributed by atoms with Crippen LogP contribution < -0.4 is 14.3 Å². The van der Waals surface area contributed by atoms with Crippen LogP contribution >= 0.6 is 7.82 Å². The third-order valence-corrected chi connectivity index (χ3v) is 1.39. The number of hydrogen-bond donors (Lipinski definition) is 0. The van der Waals surface area contributed by atoms with Crippen molar-refractivity contribution in [1.29, 1.82) is 0 Å². The van der Waals surface area contributed by atoms with Gasteiger partial charge >= 0.3 is 23.1 Å². The smallest absolute Gasteiger partial charge is 0.780 e. The minimum atomic E-state index is -4.89. The van der Waals surface area contributed by atoms with Crippen LogP contribution in [0.4, 0.5) is 0 Å². The fourth-order valence-electron chi connectivity index (χ4n) is 0.610. The van der Waals surface area contributed by atoms with Crippen molar-refractivity contribution in [1.82, 2.24) is 0 Å². The molecule has 0 aliphatic carbocycles. The normalized spacial score (nSPS) is 10.2. The van der Waals surface area contributed by atoms with E-state index in [1.807, 2.05) is 0 Å². The van der Waals surface area contributed by atoms with Crippen LogP contribution in [0.2, 0.25) is 0 Å². The molecule has 0 atom stereocenters. The van der Waals surface area contributed by atoms with E-state index in [1.54, 1.807) is 18.2 Å². The summed E-state index contributed by atoms with van der Waals surface area (Å²) >= 11 is 0. The van der Waals surface area contributed by atoms with E-state index in [2.05, 4.69) is 4.52 Å². The van der Waals surface area contributed by atoms with Crippen molar-refractivity contribution in [3.05, 3.63) is 30.3 Å². The number of phosphoric acid groups is 1. The molecule has 0 spiro atoms. The predicted octanol–water partition coefficient (Wildman–Crippen LogP) is -0.487. The molecule has 0 heterocycles. The van der Waals surface area contributed by atoms with Gasteiger partial charge in [-0.2, -0.15) is 0 Å². The summed E-state index contributed by atoms with van der Waals surface area (Å²) in [6.45, 7) is 0. The minimum Gasteiger partial charge on any atom is -0.780 e. The van der Waals surface area contributed by atoms with Crippen molar-refractivity contribution in [2.45, 2.75) is 0 Å². The van der Waals surface area contributed by atoms with Gasteiger partial charge in [0.25, 0.3) is 0 Å². The van der Waals surface area contributed by atoms with Gasteiger partial charge in [0.1, 0.15) is 13.6 Å². The molecule has 0 radical (unpaired) electrons. The first-order valence-electron chi connectivity index (χ1n) is 2.85. The second-order valence-corrected chi connectivity index (χ2v) is 2.93. The van der Waals surface area contributed by atoms with E-state index in [4.69, 9.17) is 0 Å². The van der Waals surface area contributed by atoms with Gasteiger partial charge in [0, 0.05) is 0 Å². The molecule has 1 aromatic rings. The van der Waals surface area contributed by atoms with E-state index < -0.39 is 7.82 Å². The quantitative estimate of drug-likeness (QED) is 0.473. The molecule has 1 aromatic carbocycles. The van der Waals surface area contributed by atoms with E-state index >= 15 is 0 Å². The SMILES string of the molecule is O=P([O-])([O-])Oc1ccccc1.[Mg+2]. The van der Waals surface area contributed by atoms with Crippen LogP contribution in [-0.2, 0) is 4.57 Å². The average molecular weight is 196 g/mol. The van der Waals surface area contributed by atoms with Gasteiger partial charge in [-0.1, -0.05) is 18.2 Å². The molecule has 6 heteroatoms. The second kappa shape index (κ2) is 4.84. The fraction of sp³-hybridized carbons (Fsp3) is 0. The molecule has 0 aromatic heterocycles. The van der Waals surface area contributed by atoms with Crippen LogP contribution in [0.3, 0.4) is 0 Å². The molecule has 0 N–H and O–H groups in total. The van der Waals surface area contributed by atoms with Crippen LogP contribution in [0.15, 0.2) is 30.3 Å². The van der Waals surface area contributed by atoms with Crippen molar-refractivity contribution in [2.24, 2.45) is 0 Å². The van der Waals surface area contributed by atoms with Crippen molar-refractivity contribution >= 4 is 30.9 Å². The topological polar surface area (TPSA) is 72.4 Å². The first kappa shape index (κ1) is 11.9. The van der Waals surface area contributed by atoms with Gasteiger partial charge in [-0.05, 0) is 12.1 Å². The number of para-hydroxylation sites is 1. The van der Waals surface area contributed by atoms with Gasteiger partial charge < -0.3 is 18.9 Å². The Morgan fingerprint density at radius 1 is 1.17 bits per heavy atom. The minimum absolute atomic E-state index is 0. The van der Waals surface area contributed by atoms with Crippen molar-refractivity contribution in [3.8, 4) is 5.75 Å². The average Bonchev–Trinajstić information content (AvgIpc) is 1.85. The maximum absolute atomic E-state index is 10.1. The molecule has 1 rings (SSSR count). The Balaban J connectivity index is 0.00000121. The van der Waals surface area contributed by atoms with Crippen LogP contribution in [0, 0.1) is 0 Å². The standard InChI is InChI=1S/C6H7O4P.Mg/c7-11(8,9)10-6-4-2-1-3-5-6;/h1-5H,(H2,7,8,9);/q;+2/p-2. The first-order valence-corrected chi connectivity index (χ1v) is 4.31. The molecule has 0 saturated carbocycles. The van der Waals surface area contributed by atoms with Crippen molar-refractivity contribution < 1.29 is 18.9 Å². The van der Waals surface area contributed by atoms with E-state index in [-0.39, 0.29) is 28.8 Å². The van der Waals surface area contributed by atoms with E-state index in [0.717, 1.165) is 0 Å². The zero-order valence-electron chi connectivity index (χ0n) is 6.17. The Hall–Kier alpha value is -0.0638. The Morgan fingerprint density at radius 2 is 1.67 bits per heavy atom. The van der Waals surface area contributed by atoms with E-state index in [9.17, 15) is 14.4 Å². The number of benzene rings is 1. The van der Waals surface area contributed by atoms with Gasteiger partial charge in [0.05, 0.1) is 0 Å². The van der Waals surface area contributed by atoms with Gasteiger partial charge in [-0.15, -0.1) is 0 Å². The van der Waals surface area contributed by atoms with Crippen LogP contribution in [0.1, 0.15) is 0 Å². The molecule has 60 valence electrons. The summed E-state index contributed by atoms with van der Waals surface area (Å²) in [6, 6.07) is 7.62. The molecular formula is C6H5MgO4P. The number of hydrogen-bond acceptors (Lipinski definition) is 4. The van der Waals surface area contributed by atoms with E-state index in [0.29, 0.717) is 0 Å². The van der Waals surface area contributed by atoms with Crippen LogP contribution in [-0.4, -0.2) is 23.1 Å². The molecule has 0 unspecified atom stereocenters. The van der Waals surface area contributed by atoms with Gasteiger partial charge in [-0.25, -0.2) is 0 Å². The van der Waals surface area contributed by atoms with E-state index in [1.165, 1.54) is 12.1 Å². The summed E-state index contributed by atoms with van der Waals surface area (Å²) < 4.78 is 14.1. The predicted molar refractivity (Wildman–Crippen MR) is 40.4 cm³/mol. The molecule has 0 aliphatic rings.